The third kappa shape index (κ3) is 2.03. The molecule has 0 unspecified atom stereocenters. The summed E-state index contributed by atoms with van der Waals surface area (Å²) in [6.07, 6.45) is 4.41. The molecule has 94 valence electrons. The van der Waals surface area contributed by atoms with E-state index in [1.165, 1.54) is 18.6 Å². The van der Waals surface area contributed by atoms with Gasteiger partial charge < -0.3 is 4.57 Å². The average molecular weight is 253 g/mol. The van der Waals surface area contributed by atoms with E-state index in [1.54, 1.807) is 0 Å². The highest BCUT2D eigenvalue weighted by Gasteiger charge is 2.12. The van der Waals surface area contributed by atoms with Crippen molar-refractivity contribution in [2.45, 2.75) is 0 Å². The van der Waals surface area contributed by atoms with Crippen LogP contribution in [-0.4, -0.2) is 25.4 Å². The largest absolute Gasteiger partial charge is 0.313 e. The van der Waals surface area contributed by atoms with Gasteiger partial charge in [0.2, 0.25) is 5.95 Å². The van der Waals surface area contributed by atoms with Crippen LogP contribution in [0.3, 0.4) is 0 Å². The molecule has 0 atom stereocenters. The fourth-order valence-corrected chi connectivity index (χ4v) is 1.84. The quantitative estimate of drug-likeness (QED) is 0.753. The van der Waals surface area contributed by atoms with Gasteiger partial charge in [0.25, 0.3) is 5.91 Å². The molecule has 1 aromatic carbocycles. The number of hydrogen-bond acceptors (Lipinski definition) is 4. The molecule has 2 aromatic heterocycles. The summed E-state index contributed by atoms with van der Waals surface area (Å²) in [6.45, 7) is 0. The Morgan fingerprint density at radius 3 is 2.84 bits per heavy atom. The Labute approximate surface area is 109 Å². The zero-order chi connectivity index (χ0) is 13.2. The average Bonchev–Trinajstić information content (AvgIpc) is 2.77. The predicted octanol–water partition coefficient (Wildman–Crippen LogP) is 1.62. The predicted molar refractivity (Wildman–Crippen MR) is 70.7 cm³/mol. The molecule has 0 aliphatic carbocycles. The van der Waals surface area contributed by atoms with Gasteiger partial charge >= 0.3 is 0 Å². The van der Waals surface area contributed by atoms with Gasteiger partial charge in [-0.2, -0.15) is 0 Å². The summed E-state index contributed by atoms with van der Waals surface area (Å²) in [5, 5.41) is 2.73. The molecule has 0 fully saturated rings. The van der Waals surface area contributed by atoms with Crippen molar-refractivity contribution in [1.82, 2.24) is 19.5 Å². The smallest absolute Gasteiger partial charge is 0.278 e. The van der Waals surface area contributed by atoms with Crippen LogP contribution in [0.15, 0.2) is 42.9 Å². The van der Waals surface area contributed by atoms with Crippen molar-refractivity contribution in [3.63, 3.8) is 0 Å². The van der Waals surface area contributed by atoms with Crippen LogP contribution < -0.4 is 5.32 Å². The zero-order valence-corrected chi connectivity index (χ0v) is 10.2. The molecule has 0 saturated heterocycles. The number of carbonyl (C=O) groups excluding carboxylic acids is 1. The monoisotopic (exact) mass is 253 g/mol. The third-order valence-electron chi connectivity index (χ3n) is 2.81. The molecule has 0 bridgehead atoms. The van der Waals surface area contributed by atoms with Crippen LogP contribution in [0.5, 0.6) is 0 Å². The first-order chi connectivity index (χ1) is 9.25. The Balaban J connectivity index is 1.94. The Kier molecular flexibility index (Phi) is 2.68. The minimum Gasteiger partial charge on any atom is -0.313 e. The van der Waals surface area contributed by atoms with E-state index in [0.29, 0.717) is 5.95 Å². The number of benzene rings is 1. The van der Waals surface area contributed by atoms with Crippen LogP contribution in [0.2, 0.25) is 0 Å². The first-order valence-electron chi connectivity index (χ1n) is 5.74. The summed E-state index contributed by atoms with van der Waals surface area (Å²) in [4.78, 5) is 24.1. The molecule has 3 aromatic rings. The summed E-state index contributed by atoms with van der Waals surface area (Å²) in [5.41, 5.74) is 2.05. The van der Waals surface area contributed by atoms with E-state index in [0.717, 1.165) is 11.0 Å². The van der Waals surface area contributed by atoms with Gasteiger partial charge in [0.05, 0.1) is 17.2 Å². The van der Waals surface area contributed by atoms with Gasteiger partial charge in [0.15, 0.2) is 0 Å². The van der Waals surface area contributed by atoms with Crippen molar-refractivity contribution in [3.8, 4) is 0 Å². The molecule has 2 heterocycles. The number of hydrogen-bond donors (Lipinski definition) is 1. The van der Waals surface area contributed by atoms with Crippen molar-refractivity contribution in [1.29, 1.82) is 0 Å². The number of aromatic nitrogens is 4. The van der Waals surface area contributed by atoms with Gasteiger partial charge in [-0.3, -0.25) is 15.1 Å². The van der Waals surface area contributed by atoms with Crippen molar-refractivity contribution >= 4 is 22.9 Å². The molecule has 1 amide bonds. The number of amides is 1. The van der Waals surface area contributed by atoms with E-state index in [1.807, 2.05) is 35.9 Å². The number of fused-ring (bicyclic) bond motifs is 1. The summed E-state index contributed by atoms with van der Waals surface area (Å²) in [7, 11) is 1.85. The van der Waals surface area contributed by atoms with E-state index < -0.39 is 0 Å². The van der Waals surface area contributed by atoms with Crippen LogP contribution in [0.4, 0.5) is 5.95 Å². The first-order valence-corrected chi connectivity index (χ1v) is 5.74. The molecule has 1 N–H and O–H groups in total. The van der Waals surface area contributed by atoms with Crippen molar-refractivity contribution < 1.29 is 4.79 Å². The van der Waals surface area contributed by atoms with Crippen molar-refractivity contribution in [2.75, 3.05) is 5.32 Å². The molecular formula is C13H11N5O. The summed E-state index contributed by atoms with van der Waals surface area (Å²) in [5.74, 6) is 0.156. The van der Waals surface area contributed by atoms with Crippen LogP contribution in [0.25, 0.3) is 11.0 Å². The maximum absolute atomic E-state index is 12.0. The zero-order valence-electron chi connectivity index (χ0n) is 10.2. The maximum atomic E-state index is 12.0. The highest BCUT2D eigenvalue weighted by Crippen LogP contribution is 2.17. The van der Waals surface area contributed by atoms with Crippen LogP contribution >= 0.6 is 0 Å². The number of aryl methyl sites for hydroxylation is 1. The number of carbonyl (C=O) groups is 1. The van der Waals surface area contributed by atoms with E-state index >= 15 is 0 Å². The molecule has 19 heavy (non-hydrogen) atoms. The number of nitrogens with zero attached hydrogens (tertiary/aromatic N) is 4. The molecule has 0 aliphatic rings. The molecule has 0 saturated carbocycles. The lowest BCUT2D eigenvalue weighted by atomic mass is 10.3. The van der Waals surface area contributed by atoms with Crippen LogP contribution in [0.1, 0.15) is 10.5 Å². The van der Waals surface area contributed by atoms with Crippen LogP contribution in [-0.2, 0) is 7.05 Å². The lowest BCUT2D eigenvalue weighted by molar-refractivity contribution is 0.102. The van der Waals surface area contributed by atoms with Crippen LogP contribution in [0, 0.1) is 0 Å². The number of nitrogens with one attached hydrogen (secondary N) is 1. The highest BCUT2D eigenvalue weighted by molar-refractivity contribution is 6.02. The van der Waals surface area contributed by atoms with Gasteiger partial charge in [0, 0.05) is 19.4 Å². The van der Waals surface area contributed by atoms with Crippen molar-refractivity contribution in [3.05, 3.63) is 48.5 Å². The first kappa shape index (κ1) is 11.3. The van der Waals surface area contributed by atoms with E-state index in [4.69, 9.17) is 0 Å². The fraction of sp³-hybridized carbons (Fsp3) is 0.0769. The summed E-state index contributed by atoms with van der Waals surface area (Å²) in [6, 6.07) is 7.68. The van der Waals surface area contributed by atoms with E-state index in [9.17, 15) is 4.79 Å². The fourth-order valence-electron chi connectivity index (χ4n) is 1.84. The minimum atomic E-state index is -0.327. The third-order valence-corrected chi connectivity index (χ3v) is 2.81. The Morgan fingerprint density at radius 1 is 1.26 bits per heavy atom. The summed E-state index contributed by atoms with van der Waals surface area (Å²) < 4.78 is 1.82. The minimum absolute atomic E-state index is 0.259. The number of rotatable bonds is 2. The second-order valence-electron chi connectivity index (χ2n) is 4.03. The van der Waals surface area contributed by atoms with Gasteiger partial charge in [-0.1, -0.05) is 12.1 Å². The normalized spacial score (nSPS) is 10.6. The highest BCUT2D eigenvalue weighted by atomic mass is 16.2. The van der Waals surface area contributed by atoms with E-state index in [-0.39, 0.29) is 11.6 Å². The molecule has 3 rings (SSSR count). The number of imidazole rings is 1. The molecule has 0 radical (unpaired) electrons. The Morgan fingerprint density at radius 2 is 2.11 bits per heavy atom. The molecular weight excluding hydrogens is 242 g/mol. The summed E-state index contributed by atoms with van der Waals surface area (Å²) >= 11 is 0. The van der Waals surface area contributed by atoms with Gasteiger partial charge in [-0.15, -0.1) is 0 Å². The topological polar surface area (TPSA) is 72.7 Å². The van der Waals surface area contributed by atoms with E-state index in [2.05, 4.69) is 20.3 Å². The lowest BCUT2D eigenvalue weighted by Gasteiger charge is -2.03. The molecule has 0 aliphatic heterocycles. The molecule has 0 spiro atoms. The standard InChI is InChI=1S/C13H11N5O/c1-18-11-5-3-2-4-9(11)16-13(18)17-12(19)10-8-14-6-7-15-10/h2-8H,1H3,(H,16,17,19). The maximum Gasteiger partial charge on any atom is 0.278 e. The van der Waals surface area contributed by atoms with Gasteiger partial charge in [-0.25, -0.2) is 9.97 Å². The molecule has 6 heteroatoms. The Hall–Kier alpha value is -2.76. The number of para-hydroxylation sites is 2. The van der Waals surface area contributed by atoms with Gasteiger partial charge in [0.1, 0.15) is 5.69 Å². The second kappa shape index (κ2) is 4.49. The van der Waals surface area contributed by atoms with Gasteiger partial charge in [-0.05, 0) is 12.1 Å². The second-order valence-corrected chi connectivity index (χ2v) is 4.03. The SMILES string of the molecule is Cn1c(NC(=O)c2cnccn2)nc2ccccc21. The lowest BCUT2D eigenvalue weighted by Crippen LogP contribution is -2.16. The Bertz CT molecular complexity index is 735. The number of anilines is 1. The van der Waals surface area contributed by atoms with Crippen molar-refractivity contribution in [2.24, 2.45) is 7.05 Å². The molecule has 6 nitrogen and oxygen atoms in total.